The second kappa shape index (κ2) is 5.57. The molecule has 0 spiro atoms. The van der Waals surface area contributed by atoms with E-state index in [9.17, 15) is 4.79 Å². The Morgan fingerprint density at radius 2 is 2.46 bits per heavy atom. The SMILES string of the molecule is O=C(O)CCCSC1=CC=[C+]C=C1. The van der Waals surface area contributed by atoms with E-state index in [1.165, 1.54) is 4.91 Å². The van der Waals surface area contributed by atoms with Gasteiger partial charge in [0.15, 0.2) is 0 Å². The van der Waals surface area contributed by atoms with E-state index in [2.05, 4.69) is 6.08 Å². The van der Waals surface area contributed by atoms with E-state index in [0.717, 1.165) is 12.2 Å². The van der Waals surface area contributed by atoms with Crippen molar-refractivity contribution in [3.63, 3.8) is 0 Å². The molecule has 1 rings (SSSR count). The lowest BCUT2D eigenvalue weighted by molar-refractivity contribution is -0.137. The summed E-state index contributed by atoms with van der Waals surface area (Å²) in [5, 5.41) is 8.40. The van der Waals surface area contributed by atoms with Gasteiger partial charge in [0, 0.05) is 18.2 Å². The van der Waals surface area contributed by atoms with Crippen molar-refractivity contribution in [3.05, 3.63) is 35.3 Å². The molecule has 2 nitrogen and oxygen atoms in total. The van der Waals surface area contributed by atoms with Crippen LogP contribution in [-0.4, -0.2) is 16.8 Å². The maximum Gasteiger partial charge on any atom is 0.303 e. The van der Waals surface area contributed by atoms with Crippen LogP contribution in [0.15, 0.2) is 29.2 Å². The summed E-state index contributed by atoms with van der Waals surface area (Å²) in [5.74, 6) is 0.137. The summed E-state index contributed by atoms with van der Waals surface area (Å²) in [6.45, 7) is 0. The Labute approximate surface area is 82.0 Å². The zero-order valence-electron chi connectivity index (χ0n) is 7.19. The smallest absolute Gasteiger partial charge is 0.303 e. The molecule has 0 heterocycles. The van der Waals surface area contributed by atoms with Crippen molar-refractivity contribution in [3.8, 4) is 0 Å². The summed E-state index contributed by atoms with van der Waals surface area (Å²) in [7, 11) is 0. The minimum atomic E-state index is -0.720. The number of carboxylic acids is 1. The molecule has 3 heteroatoms. The topological polar surface area (TPSA) is 37.3 Å². The van der Waals surface area contributed by atoms with Gasteiger partial charge in [0.05, 0.1) is 12.2 Å². The Morgan fingerprint density at radius 1 is 1.62 bits per heavy atom. The predicted molar refractivity (Wildman–Crippen MR) is 54.4 cm³/mol. The number of carbonyl (C=O) groups is 1. The Hall–Kier alpha value is -1.05. The average Bonchev–Trinajstić information content (AvgIpc) is 2.14. The molecule has 0 saturated carbocycles. The molecule has 1 aliphatic rings. The highest BCUT2D eigenvalue weighted by molar-refractivity contribution is 8.03. The monoisotopic (exact) mass is 195 g/mol. The first kappa shape index (κ1) is 10.0. The van der Waals surface area contributed by atoms with Crippen LogP contribution in [0.3, 0.4) is 0 Å². The van der Waals surface area contributed by atoms with E-state index < -0.39 is 5.97 Å². The summed E-state index contributed by atoms with van der Waals surface area (Å²) in [6.07, 6.45) is 11.6. The first-order chi connectivity index (χ1) is 6.29. The average molecular weight is 195 g/mol. The number of carboxylic acid groups (broad SMARTS) is 1. The van der Waals surface area contributed by atoms with Gasteiger partial charge in [-0.05, 0) is 6.42 Å². The molecule has 0 fully saturated rings. The summed E-state index contributed by atoms with van der Waals surface area (Å²) >= 11 is 1.68. The fraction of sp³-hybridized carbons (Fsp3) is 0.300. The number of hydrogen-bond donors (Lipinski definition) is 1. The van der Waals surface area contributed by atoms with Crippen molar-refractivity contribution in [1.82, 2.24) is 0 Å². The minimum Gasteiger partial charge on any atom is -0.481 e. The van der Waals surface area contributed by atoms with Crippen LogP contribution in [0.1, 0.15) is 12.8 Å². The molecular formula is C10H11O2S+. The fourth-order valence-electron chi connectivity index (χ4n) is 0.881. The summed E-state index contributed by atoms with van der Waals surface area (Å²) < 4.78 is 0. The maximum absolute atomic E-state index is 10.2. The molecule has 0 radical (unpaired) electrons. The van der Waals surface area contributed by atoms with Crippen LogP contribution in [0.2, 0.25) is 0 Å². The van der Waals surface area contributed by atoms with Gasteiger partial charge in [0.25, 0.3) is 0 Å². The number of aliphatic carboxylic acids is 1. The molecule has 0 atom stereocenters. The van der Waals surface area contributed by atoms with E-state index >= 15 is 0 Å². The minimum absolute atomic E-state index is 0.256. The van der Waals surface area contributed by atoms with E-state index in [4.69, 9.17) is 5.11 Å². The van der Waals surface area contributed by atoms with Crippen molar-refractivity contribution < 1.29 is 9.90 Å². The Bertz CT molecular complexity index is 264. The van der Waals surface area contributed by atoms with Gasteiger partial charge in [0.2, 0.25) is 0 Å². The number of allylic oxidation sites excluding steroid dienone is 5. The third-order valence-electron chi connectivity index (χ3n) is 1.49. The predicted octanol–water partition coefficient (Wildman–Crippen LogP) is 2.40. The van der Waals surface area contributed by atoms with Gasteiger partial charge in [-0.2, -0.15) is 0 Å². The molecule has 0 aromatic carbocycles. The van der Waals surface area contributed by atoms with Gasteiger partial charge in [-0.15, -0.1) is 0 Å². The maximum atomic E-state index is 10.2. The Kier molecular flexibility index (Phi) is 4.30. The largest absolute Gasteiger partial charge is 0.481 e. The lowest BCUT2D eigenvalue weighted by Crippen LogP contribution is -1.94. The standard InChI is InChI=1S/C10H10O2S/c11-10(12)7-4-8-13-9-5-2-1-3-6-9/h2-3,5-6H,4,7-8H2/p+1. The Morgan fingerprint density at radius 3 is 3.08 bits per heavy atom. The van der Waals surface area contributed by atoms with Crippen LogP contribution < -0.4 is 0 Å². The lowest BCUT2D eigenvalue weighted by atomic mass is 10.3. The molecule has 0 saturated heterocycles. The van der Waals surface area contributed by atoms with Crippen molar-refractivity contribution >= 4 is 17.7 Å². The molecule has 0 unspecified atom stereocenters. The summed E-state index contributed by atoms with van der Waals surface area (Å²) in [4.78, 5) is 11.4. The molecule has 0 aromatic rings. The van der Waals surface area contributed by atoms with Crippen LogP contribution in [0.5, 0.6) is 0 Å². The fourth-order valence-corrected chi connectivity index (χ4v) is 1.73. The lowest BCUT2D eigenvalue weighted by Gasteiger charge is -1.96. The zero-order chi connectivity index (χ0) is 9.52. The first-order valence-electron chi connectivity index (χ1n) is 4.10. The highest BCUT2D eigenvalue weighted by Gasteiger charge is 2.03. The van der Waals surface area contributed by atoms with E-state index in [1.54, 1.807) is 11.8 Å². The van der Waals surface area contributed by atoms with Crippen LogP contribution in [0, 0.1) is 6.08 Å². The van der Waals surface area contributed by atoms with E-state index in [0.29, 0.717) is 0 Å². The van der Waals surface area contributed by atoms with E-state index in [1.807, 2.05) is 24.3 Å². The normalized spacial score (nSPS) is 13.7. The highest BCUT2D eigenvalue weighted by atomic mass is 32.2. The number of rotatable bonds is 5. The third kappa shape index (κ3) is 4.51. The molecular weight excluding hydrogens is 184 g/mol. The van der Waals surface area contributed by atoms with Crippen molar-refractivity contribution in [2.45, 2.75) is 12.8 Å². The van der Waals surface area contributed by atoms with Crippen LogP contribution in [0.25, 0.3) is 0 Å². The Balaban J connectivity index is 2.13. The number of hydrogen-bond acceptors (Lipinski definition) is 2. The molecule has 0 aliphatic heterocycles. The van der Waals surface area contributed by atoms with Crippen LogP contribution >= 0.6 is 11.8 Å². The van der Waals surface area contributed by atoms with Crippen molar-refractivity contribution in [2.75, 3.05) is 5.75 Å². The highest BCUT2D eigenvalue weighted by Crippen LogP contribution is 2.20. The van der Waals surface area contributed by atoms with Crippen LogP contribution in [0.4, 0.5) is 0 Å². The van der Waals surface area contributed by atoms with E-state index in [-0.39, 0.29) is 6.42 Å². The molecule has 0 bridgehead atoms. The van der Waals surface area contributed by atoms with Crippen LogP contribution in [-0.2, 0) is 4.79 Å². The summed E-state index contributed by atoms with van der Waals surface area (Å²) in [5.41, 5.74) is 0. The zero-order valence-corrected chi connectivity index (χ0v) is 8.01. The second-order valence-electron chi connectivity index (χ2n) is 2.58. The first-order valence-corrected chi connectivity index (χ1v) is 5.08. The summed E-state index contributed by atoms with van der Waals surface area (Å²) in [6, 6.07) is 0. The van der Waals surface area contributed by atoms with Gasteiger partial charge >= 0.3 is 5.97 Å². The van der Waals surface area contributed by atoms with Crippen molar-refractivity contribution in [1.29, 1.82) is 0 Å². The van der Waals surface area contributed by atoms with Gasteiger partial charge in [-0.1, -0.05) is 11.8 Å². The molecule has 0 amide bonds. The molecule has 68 valence electrons. The third-order valence-corrected chi connectivity index (χ3v) is 2.59. The molecule has 1 aliphatic carbocycles. The second-order valence-corrected chi connectivity index (χ2v) is 3.75. The molecule has 0 aromatic heterocycles. The van der Waals surface area contributed by atoms with Gasteiger partial charge in [-0.3, -0.25) is 4.79 Å². The molecule has 1 N–H and O–H groups in total. The quantitative estimate of drug-likeness (QED) is 0.540. The van der Waals surface area contributed by atoms with Gasteiger partial charge in [0.1, 0.15) is 17.1 Å². The van der Waals surface area contributed by atoms with Gasteiger partial charge in [-0.25, -0.2) is 0 Å². The number of thioether (sulfide) groups is 1. The molecule has 13 heavy (non-hydrogen) atoms. The van der Waals surface area contributed by atoms with Gasteiger partial charge < -0.3 is 5.11 Å². The van der Waals surface area contributed by atoms with Crippen molar-refractivity contribution in [2.24, 2.45) is 0 Å².